The van der Waals surface area contributed by atoms with E-state index in [0.29, 0.717) is 47.6 Å². The zero-order valence-corrected chi connectivity index (χ0v) is 24.8. The predicted octanol–water partition coefficient (Wildman–Crippen LogP) is 4.50. The summed E-state index contributed by atoms with van der Waals surface area (Å²) in [6, 6.07) is 11.8. The molecule has 0 spiro atoms. The molecule has 3 fully saturated rings. The van der Waals surface area contributed by atoms with Crippen molar-refractivity contribution < 1.29 is 19.0 Å². The maximum absolute atomic E-state index is 14.3. The van der Waals surface area contributed by atoms with Crippen LogP contribution >= 0.6 is 0 Å². The molecule has 7 rings (SSSR count). The molecule has 0 radical (unpaired) electrons. The molecule has 2 saturated heterocycles. The Morgan fingerprint density at radius 3 is 2.79 bits per heavy atom. The van der Waals surface area contributed by atoms with Crippen LogP contribution in [-0.4, -0.2) is 77.3 Å². The second-order valence-corrected chi connectivity index (χ2v) is 12.9. The second-order valence-electron chi connectivity index (χ2n) is 12.9. The van der Waals surface area contributed by atoms with Gasteiger partial charge in [0.25, 0.3) is 5.91 Å². The van der Waals surface area contributed by atoms with Gasteiger partial charge in [0.2, 0.25) is 11.5 Å². The van der Waals surface area contributed by atoms with Gasteiger partial charge in [0.05, 0.1) is 19.3 Å². The first-order chi connectivity index (χ1) is 20.4. The number of fused-ring (bicyclic) bond motifs is 4. The molecule has 1 N–H and O–H groups in total. The van der Waals surface area contributed by atoms with Gasteiger partial charge < -0.3 is 24.4 Å². The van der Waals surface area contributed by atoms with E-state index in [1.54, 1.807) is 25.4 Å². The molecule has 2 aromatic heterocycles. The highest BCUT2D eigenvalue weighted by molar-refractivity contribution is 5.95. The van der Waals surface area contributed by atoms with Crippen LogP contribution in [0.2, 0.25) is 0 Å². The van der Waals surface area contributed by atoms with Crippen LogP contribution in [0.3, 0.4) is 0 Å². The van der Waals surface area contributed by atoms with Gasteiger partial charge >= 0.3 is 0 Å². The van der Waals surface area contributed by atoms with Crippen molar-refractivity contribution in [2.24, 2.45) is 17.8 Å². The number of hydrogen-bond acceptors (Lipinski definition) is 8. The summed E-state index contributed by atoms with van der Waals surface area (Å²) in [7, 11) is 1.59. The van der Waals surface area contributed by atoms with Gasteiger partial charge in [0.15, 0.2) is 17.1 Å². The Morgan fingerprint density at radius 2 is 1.98 bits per heavy atom. The molecule has 1 saturated carbocycles. The van der Waals surface area contributed by atoms with E-state index in [4.69, 9.17) is 19.2 Å². The molecule has 1 amide bonds. The number of amides is 1. The Bertz CT molecular complexity index is 1460. The van der Waals surface area contributed by atoms with Gasteiger partial charge in [-0.2, -0.15) is 0 Å². The molecule has 2 bridgehead atoms. The Labute approximate surface area is 247 Å². The zero-order valence-electron chi connectivity index (χ0n) is 24.8. The summed E-state index contributed by atoms with van der Waals surface area (Å²) in [5, 5.41) is 4.62. The molecule has 9 heteroatoms. The van der Waals surface area contributed by atoms with Crippen LogP contribution in [0.4, 0.5) is 0 Å². The molecule has 1 aromatic carbocycles. The van der Waals surface area contributed by atoms with Crippen molar-refractivity contribution in [3.63, 3.8) is 0 Å². The number of nitrogens with zero attached hydrogens (tertiary/aromatic N) is 4. The highest BCUT2D eigenvalue weighted by atomic mass is 16.7. The summed E-state index contributed by atoms with van der Waals surface area (Å²) in [4.78, 5) is 28.2. The Morgan fingerprint density at radius 1 is 1.14 bits per heavy atom. The third-order valence-corrected chi connectivity index (χ3v) is 9.66. The summed E-state index contributed by atoms with van der Waals surface area (Å²) < 4.78 is 17.6. The van der Waals surface area contributed by atoms with Crippen molar-refractivity contribution in [3.05, 3.63) is 53.9 Å². The molecule has 9 nitrogen and oxygen atoms in total. The maximum Gasteiger partial charge on any atom is 0.254 e. The Hall–Kier alpha value is -3.43. The number of benzene rings is 1. The number of piperidine rings is 1. The first kappa shape index (κ1) is 27.4. The summed E-state index contributed by atoms with van der Waals surface area (Å²) in [5.74, 6) is 2.98. The number of pyridine rings is 2. The standard InChI is InChI=1S/C33H41N5O4/c1-33(2)41-29-15-24(14-28(40-3)30(29)42-33)32(39)38(18-25-11-10-21-6-4-12-35-31(21)36-25)19-26-7-5-13-37(26)20-27-22-8-9-23(27)17-34-16-22/h4,6,10-12,14-15,22-23,26-27,34H,5,7-9,13,16-20H2,1-3H3/t22-,23+,26-,27?/m0/s1. The molecular formula is C33H41N5O4. The second kappa shape index (κ2) is 11.0. The van der Waals surface area contributed by atoms with E-state index in [1.807, 2.05) is 43.0 Å². The molecule has 3 aromatic rings. The summed E-state index contributed by atoms with van der Waals surface area (Å²) >= 11 is 0. The lowest BCUT2D eigenvalue weighted by Crippen LogP contribution is -2.48. The monoisotopic (exact) mass is 571 g/mol. The SMILES string of the molecule is COc1cc(C(=O)N(Cc2ccc3cccnc3n2)C[C@@H]2CCCN2CC2[C@@H]3CC[C@H]2CNC3)cc2c1OC(C)(C)O2. The first-order valence-corrected chi connectivity index (χ1v) is 15.4. The van der Waals surface area contributed by atoms with Crippen LogP contribution in [0.25, 0.3) is 11.0 Å². The van der Waals surface area contributed by atoms with E-state index in [-0.39, 0.29) is 5.91 Å². The number of likely N-dealkylation sites (tertiary alicyclic amines) is 1. The van der Waals surface area contributed by atoms with Crippen molar-refractivity contribution in [1.82, 2.24) is 25.1 Å². The highest BCUT2D eigenvalue weighted by Crippen LogP contribution is 2.47. The summed E-state index contributed by atoms with van der Waals surface area (Å²) in [6.45, 7) is 9.27. The van der Waals surface area contributed by atoms with Crippen molar-refractivity contribution in [3.8, 4) is 17.2 Å². The van der Waals surface area contributed by atoms with Gasteiger partial charge in [-0.25, -0.2) is 9.97 Å². The largest absolute Gasteiger partial charge is 0.493 e. The normalized spacial score (nSPS) is 26.1. The number of carbonyl (C=O) groups is 1. The van der Waals surface area contributed by atoms with Gasteiger partial charge in [-0.1, -0.05) is 0 Å². The summed E-state index contributed by atoms with van der Waals surface area (Å²) in [6.07, 6.45) is 6.70. The summed E-state index contributed by atoms with van der Waals surface area (Å²) in [5.41, 5.74) is 2.04. The number of rotatable bonds is 8. The van der Waals surface area contributed by atoms with Crippen molar-refractivity contribution in [2.75, 3.05) is 39.8 Å². The fourth-order valence-electron chi connectivity index (χ4n) is 7.61. The maximum atomic E-state index is 14.3. The van der Waals surface area contributed by atoms with Gasteiger partial charge in [0, 0.05) is 50.1 Å². The molecule has 3 aliphatic heterocycles. The molecule has 1 aliphatic carbocycles. The van der Waals surface area contributed by atoms with Gasteiger partial charge in [-0.05, 0) is 99.5 Å². The highest BCUT2D eigenvalue weighted by Gasteiger charge is 2.42. The van der Waals surface area contributed by atoms with Crippen LogP contribution in [0.1, 0.15) is 55.6 Å². The Balaban J connectivity index is 1.17. The lowest BCUT2D eigenvalue weighted by molar-refractivity contribution is -0.0439. The minimum atomic E-state index is -0.822. The van der Waals surface area contributed by atoms with Crippen LogP contribution in [0.15, 0.2) is 42.6 Å². The van der Waals surface area contributed by atoms with Crippen molar-refractivity contribution >= 4 is 16.9 Å². The van der Waals surface area contributed by atoms with Crippen molar-refractivity contribution in [2.45, 2.75) is 57.9 Å². The van der Waals surface area contributed by atoms with E-state index in [9.17, 15) is 4.79 Å². The third kappa shape index (κ3) is 5.28. The topological polar surface area (TPSA) is 89.1 Å². The van der Waals surface area contributed by atoms with E-state index in [2.05, 4.69) is 15.2 Å². The molecular weight excluding hydrogens is 530 g/mol. The molecule has 4 atom stereocenters. The molecule has 222 valence electrons. The van der Waals surface area contributed by atoms with Crippen molar-refractivity contribution in [1.29, 1.82) is 0 Å². The number of methoxy groups -OCH3 is 1. The van der Waals surface area contributed by atoms with E-state index in [0.717, 1.165) is 67.9 Å². The lowest BCUT2D eigenvalue weighted by atomic mass is 9.85. The fourth-order valence-corrected chi connectivity index (χ4v) is 7.61. The number of carbonyl (C=O) groups excluding carboxylic acids is 1. The average Bonchev–Trinajstić information content (AvgIpc) is 3.62. The van der Waals surface area contributed by atoms with Crippen LogP contribution in [0, 0.1) is 17.8 Å². The van der Waals surface area contributed by atoms with Crippen LogP contribution < -0.4 is 19.5 Å². The third-order valence-electron chi connectivity index (χ3n) is 9.66. The van der Waals surface area contributed by atoms with Gasteiger partial charge in [-0.15, -0.1) is 0 Å². The first-order valence-electron chi connectivity index (χ1n) is 15.4. The van der Waals surface area contributed by atoms with E-state index in [1.165, 1.54) is 12.8 Å². The lowest BCUT2D eigenvalue weighted by Gasteiger charge is -2.37. The quantitative estimate of drug-likeness (QED) is 0.423. The number of aromatic nitrogens is 2. The minimum absolute atomic E-state index is 0.0684. The number of hydrogen-bond donors (Lipinski definition) is 1. The molecule has 1 unspecified atom stereocenters. The van der Waals surface area contributed by atoms with E-state index >= 15 is 0 Å². The van der Waals surface area contributed by atoms with Crippen LogP contribution in [-0.2, 0) is 6.54 Å². The van der Waals surface area contributed by atoms with Gasteiger partial charge in [-0.3, -0.25) is 9.69 Å². The molecule has 42 heavy (non-hydrogen) atoms. The smallest absolute Gasteiger partial charge is 0.254 e. The number of ether oxygens (including phenoxy) is 3. The fraction of sp³-hybridized carbons (Fsp3) is 0.545. The zero-order chi connectivity index (χ0) is 28.8. The average molecular weight is 572 g/mol. The number of nitrogens with one attached hydrogen (secondary N) is 1. The van der Waals surface area contributed by atoms with Gasteiger partial charge in [0.1, 0.15) is 0 Å². The van der Waals surface area contributed by atoms with Crippen LogP contribution in [0.5, 0.6) is 17.2 Å². The molecule has 4 aliphatic rings. The predicted molar refractivity (Wildman–Crippen MR) is 160 cm³/mol. The molecule has 5 heterocycles. The Kier molecular flexibility index (Phi) is 7.18. The van der Waals surface area contributed by atoms with E-state index < -0.39 is 5.79 Å². The minimum Gasteiger partial charge on any atom is -0.493 e.